The molecule has 0 aromatic carbocycles. The van der Waals surface area contributed by atoms with Gasteiger partial charge in [-0.2, -0.15) is 0 Å². The summed E-state index contributed by atoms with van der Waals surface area (Å²) in [6.45, 7) is 4.33. The van der Waals surface area contributed by atoms with E-state index in [0.29, 0.717) is 12.8 Å². The van der Waals surface area contributed by atoms with Crippen molar-refractivity contribution < 1.29 is 38.2 Å². The fraction of sp³-hybridized carbons (Fsp3) is 0.635. The van der Waals surface area contributed by atoms with E-state index in [0.717, 1.165) is 77.0 Å². The monoisotopic (exact) mass is 836 g/mol. The highest BCUT2D eigenvalue weighted by molar-refractivity contribution is 5.70. The van der Waals surface area contributed by atoms with Crippen molar-refractivity contribution >= 4 is 17.9 Å². The van der Waals surface area contributed by atoms with Gasteiger partial charge in [0.25, 0.3) is 0 Å². The number of quaternary nitrogens is 1. The number of likely N-dealkylation sites (N-methyl/N-ethyl adjacent to an activating group) is 1. The van der Waals surface area contributed by atoms with Crippen LogP contribution in [0.1, 0.15) is 162 Å². The van der Waals surface area contributed by atoms with Crippen molar-refractivity contribution in [2.24, 2.45) is 0 Å². The molecule has 0 spiro atoms. The highest BCUT2D eigenvalue weighted by Gasteiger charge is 2.25. The van der Waals surface area contributed by atoms with E-state index in [-0.39, 0.29) is 49.1 Å². The molecule has 2 atom stereocenters. The van der Waals surface area contributed by atoms with E-state index in [1.807, 2.05) is 12.2 Å². The molecule has 0 radical (unpaired) electrons. The van der Waals surface area contributed by atoms with Gasteiger partial charge in [-0.05, 0) is 77.0 Å². The molecule has 0 aliphatic carbocycles. The van der Waals surface area contributed by atoms with Crippen molar-refractivity contribution in [3.8, 4) is 0 Å². The highest BCUT2D eigenvalue weighted by atomic mass is 16.6. The van der Waals surface area contributed by atoms with E-state index in [4.69, 9.17) is 14.2 Å². The molecular weight excluding hydrogens is 751 g/mol. The number of carbonyl (C=O) groups is 3. The fourth-order valence-electron chi connectivity index (χ4n) is 6.19. The summed E-state index contributed by atoms with van der Waals surface area (Å²) in [5, 5.41) is 11.6. The summed E-state index contributed by atoms with van der Waals surface area (Å²) in [6.07, 6.45) is 56.0. The number of carboxylic acid groups (broad SMARTS) is 1. The number of hydrogen-bond acceptors (Lipinski definition) is 7. The zero-order valence-corrected chi connectivity index (χ0v) is 38.6. The standard InChI is InChI=1S/C52H85NO7/c1-6-8-10-12-14-16-18-20-21-22-23-24-25-26-27-28-29-31-33-35-37-39-41-43-51(55)60-48(46-58-45-44-49(52(56)57)53(3,4)5)47-59-50(54)42-40-38-36-34-32-30-19-17-15-13-11-9-7-2/h8-11,14-17,20-21,23-24,30,32,36,38,48-49H,6-7,12-13,18-19,22,25-29,31,33-35,37,39-47H2,1-5H3/b10-8-,11-9-,16-14-,17-15-,21-20-,24-23-,32-30-,38-36-. The molecule has 0 aliphatic rings. The minimum absolute atomic E-state index is 0.0111. The molecule has 0 aliphatic heterocycles. The molecule has 2 unspecified atom stereocenters. The van der Waals surface area contributed by atoms with Crippen LogP contribution in [0.5, 0.6) is 0 Å². The van der Waals surface area contributed by atoms with Gasteiger partial charge in [0, 0.05) is 19.3 Å². The number of unbranched alkanes of at least 4 members (excludes halogenated alkanes) is 10. The van der Waals surface area contributed by atoms with E-state index >= 15 is 0 Å². The lowest BCUT2D eigenvalue weighted by Crippen LogP contribution is -2.55. The Balaban J connectivity index is 4.34. The molecule has 0 heterocycles. The van der Waals surface area contributed by atoms with Gasteiger partial charge in [0.05, 0.1) is 40.3 Å². The van der Waals surface area contributed by atoms with Crippen molar-refractivity contribution in [3.63, 3.8) is 0 Å². The van der Waals surface area contributed by atoms with Crippen LogP contribution in [0.15, 0.2) is 97.2 Å². The Morgan fingerprint density at radius 1 is 0.500 bits per heavy atom. The van der Waals surface area contributed by atoms with Crippen LogP contribution in [0.25, 0.3) is 0 Å². The minimum Gasteiger partial charge on any atom is -0.544 e. The first kappa shape index (κ1) is 56.2. The van der Waals surface area contributed by atoms with Crippen LogP contribution in [-0.2, 0) is 28.6 Å². The second kappa shape index (κ2) is 42.0. The van der Waals surface area contributed by atoms with Crippen LogP contribution in [0.4, 0.5) is 0 Å². The Morgan fingerprint density at radius 2 is 0.917 bits per heavy atom. The predicted molar refractivity (Wildman–Crippen MR) is 249 cm³/mol. The Labute approximate surface area is 366 Å². The maximum absolute atomic E-state index is 12.7. The Hall–Kier alpha value is -3.75. The van der Waals surface area contributed by atoms with Gasteiger partial charge in [-0.3, -0.25) is 9.59 Å². The molecule has 0 bridgehead atoms. The van der Waals surface area contributed by atoms with Crippen molar-refractivity contribution in [2.75, 3.05) is 41.0 Å². The maximum atomic E-state index is 12.7. The predicted octanol–water partition coefficient (Wildman–Crippen LogP) is 11.7. The van der Waals surface area contributed by atoms with E-state index < -0.39 is 18.1 Å². The number of carboxylic acids is 1. The zero-order chi connectivity index (χ0) is 44.2. The van der Waals surface area contributed by atoms with Crippen LogP contribution < -0.4 is 5.11 Å². The average molecular weight is 836 g/mol. The molecule has 340 valence electrons. The first-order chi connectivity index (χ1) is 29.1. The number of allylic oxidation sites excluding steroid dienone is 16. The lowest BCUT2D eigenvalue weighted by Gasteiger charge is -2.34. The minimum atomic E-state index is -1.14. The molecule has 0 saturated heterocycles. The van der Waals surface area contributed by atoms with E-state index in [9.17, 15) is 19.5 Å². The molecule has 0 rings (SSSR count). The van der Waals surface area contributed by atoms with Gasteiger partial charge in [0.2, 0.25) is 0 Å². The molecular formula is C52H85NO7. The fourth-order valence-corrected chi connectivity index (χ4v) is 6.19. The van der Waals surface area contributed by atoms with E-state index in [1.54, 1.807) is 21.1 Å². The van der Waals surface area contributed by atoms with Gasteiger partial charge < -0.3 is 28.6 Å². The number of ether oxygens (including phenoxy) is 3. The number of esters is 2. The highest BCUT2D eigenvalue weighted by Crippen LogP contribution is 2.14. The Kier molecular flexibility index (Phi) is 39.3. The summed E-state index contributed by atoms with van der Waals surface area (Å²) in [4.78, 5) is 36.9. The third kappa shape index (κ3) is 39.7. The second-order valence-electron chi connectivity index (χ2n) is 16.2. The molecule has 0 amide bonds. The number of carbonyl (C=O) groups excluding carboxylic acids is 3. The zero-order valence-electron chi connectivity index (χ0n) is 38.6. The van der Waals surface area contributed by atoms with Crippen LogP contribution in [0.3, 0.4) is 0 Å². The molecule has 60 heavy (non-hydrogen) atoms. The molecule has 8 nitrogen and oxygen atoms in total. The van der Waals surface area contributed by atoms with Gasteiger partial charge >= 0.3 is 11.9 Å². The second-order valence-corrected chi connectivity index (χ2v) is 16.2. The average Bonchev–Trinajstić information content (AvgIpc) is 3.21. The normalized spacial score (nSPS) is 13.8. The van der Waals surface area contributed by atoms with Crippen molar-refractivity contribution in [3.05, 3.63) is 97.2 Å². The van der Waals surface area contributed by atoms with Gasteiger partial charge in [0.1, 0.15) is 12.6 Å². The van der Waals surface area contributed by atoms with Crippen LogP contribution in [0.2, 0.25) is 0 Å². The summed E-state index contributed by atoms with van der Waals surface area (Å²) in [5.74, 6) is -1.86. The first-order valence-electron chi connectivity index (χ1n) is 23.3. The lowest BCUT2D eigenvalue weighted by molar-refractivity contribution is -0.889. The smallest absolute Gasteiger partial charge is 0.306 e. The molecule has 0 fully saturated rings. The van der Waals surface area contributed by atoms with Gasteiger partial charge in [-0.1, -0.05) is 162 Å². The van der Waals surface area contributed by atoms with E-state index in [2.05, 4.69) is 98.9 Å². The Morgan fingerprint density at radius 3 is 1.37 bits per heavy atom. The van der Waals surface area contributed by atoms with Gasteiger partial charge in [-0.15, -0.1) is 0 Å². The molecule has 0 aromatic rings. The number of rotatable bonds is 40. The molecule has 0 saturated carbocycles. The van der Waals surface area contributed by atoms with Crippen LogP contribution in [0, 0.1) is 0 Å². The lowest BCUT2D eigenvalue weighted by atomic mass is 10.0. The molecule has 8 heteroatoms. The van der Waals surface area contributed by atoms with Crippen LogP contribution >= 0.6 is 0 Å². The molecule has 0 aromatic heterocycles. The first-order valence-corrected chi connectivity index (χ1v) is 23.3. The quantitative estimate of drug-likeness (QED) is 0.0262. The third-order valence-corrected chi connectivity index (χ3v) is 9.73. The summed E-state index contributed by atoms with van der Waals surface area (Å²) in [5.41, 5.74) is 0. The summed E-state index contributed by atoms with van der Waals surface area (Å²) in [6, 6.07) is -0.741. The van der Waals surface area contributed by atoms with Crippen molar-refractivity contribution in [2.45, 2.75) is 174 Å². The summed E-state index contributed by atoms with van der Waals surface area (Å²) >= 11 is 0. The van der Waals surface area contributed by atoms with Crippen LogP contribution in [-0.4, -0.2) is 75.5 Å². The number of aliphatic carboxylic acids is 1. The van der Waals surface area contributed by atoms with Crippen molar-refractivity contribution in [1.82, 2.24) is 0 Å². The number of hydrogen-bond donors (Lipinski definition) is 0. The SMILES string of the molecule is CC/C=C\C/C=C\C/C=C\C/C=C\CCCCCCCCCCCCC(=O)OC(COCCC(C(=O)[O-])[N+](C)(C)C)COC(=O)CC/C=C\C/C=C\C/C=C\C/C=C\CC. The molecule has 0 N–H and O–H groups in total. The van der Waals surface area contributed by atoms with Gasteiger partial charge in [0.15, 0.2) is 6.10 Å². The number of nitrogens with zero attached hydrogens (tertiary/aromatic N) is 1. The largest absolute Gasteiger partial charge is 0.544 e. The van der Waals surface area contributed by atoms with E-state index in [1.165, 1.54) is 44.9 Å². The topological polar surface area (TPSA) is 102 Å². The maximum Gasteiger partial charge on any atom is 0.306 e. The Bertz CT molecular complexity index is 1300. The van der Waals surface area contributed by atoms with Gasteiger partial charge in [-0.25, -0.2) is 0 Å². The summed E-state index contributed by atoms with van der Waals surface area (Å²) < 4.78 is 17.1. The summed E-state index contributed by atoms with van der Waals surface area (Å²) in [7, 11) is 5.38. The third-order valence-electron chi connectivity index (χ3n) is 9.73. The van der Waals surface area contributed by atoms with Crippen molar-refractivity contribution in [1.29, 1.82) is 0 Å².